The summed E-state index contributed by atoms with van der Waals surface area (Å²) >= 11 is 0. The molecule has 2 aromatic rings. The Kier molecular flexibility index (Phi) is 7.01. The third-order valence-electron chi connectivity index (χ3n) is 5.79. The van der Waals surface area contributed by atoms with Gasteiger partial charge in [0.15, 0.2) is 0 Å². The molecule has 10 heteroatoms. The van der Waals surface area contributed by atoms with Crippen LogP contribution in [0.4, 0.5) is 5.82 Å². The van der Waals surface area contributed by atoms with Gasteiger partial charge in [-0.25, -0.2) is 13.4 Å². The number of rotatable bonds is 7. The molecule has 0 bridgehead atoms. The standard InChI is InChI=1S/C21H29N5O4S/c27-21-6-3-17(14-24-21)12-22-13-18-2-1-7-26(16-18)31(28,29)19-4-5-20(23-15-19)25-8-10-30-11-9-25/h3-6,14-15,18,22H,1-2,7-13,16H2,(H,24,27). The normalized spacial score (nSPS) is 20.6. The second-order valence-corrected chi connectivity index (χ2v) is 9.95. The number of anilines is 1. The summed E-state index contributed by atoms with van der Waals surface area (Å²) in [5, 5.41) is 3.37. The quantitative estimate of drug-likeness (QED) is 0.646. The van der Waals surface area contributed by atoms with E-state index in [1.54, 1.807) is 28.7 Å². The lowest BCUT2D eigenvalue weighted by molar-refractivity contribution is 0.122. The van der Waals surface area contributed by atoms with Gasteiger partial charge >= 0.3 is 0 Å². The van der Waals surface area contributed by atoms with Gasteiger partial charge in [-0.15, -0.1) is 0 Å². The van der Waals surface area contributed by atoms with Gasteiger partial charge in [-0.2, -0.15) is 4.31 Å². The van der Waals surface area contributed by atoms with E-state index in [-0.39, 0.29) is 16.4 Å². The fourth-order valence-corrected chi connectivity index (χ4v) is 5.54. The molecule has 2 saturated heterocycles. The van der Waals surface area contributed by atoms with E-state index in [0.717, 1.165) is 43.9 Å². The molecule has 2 aliphatic rings. The molecule has 2 aromatic heterocycles. The molecule has 0 aromatic carbocycles. The molecule has 1 atom stereocenters. The second kappa shape index (κ2) is 9.90. The van der Waals surface area contributed by atoms with Crippen molar-refractivity contribution in [1.82, 2.24) is 19.6 Å². The first-order valence-electron chi connectivity index (χ1n) is 10.7. The molecular formula is C21H29N5O4S. The van der Waals surface area contributed by atoms with Crippen molar-refractivity contribution in [3.05, 3.63) is 52.6 Å². The van der Waals surface area contributed by atoms with Crippen molar-refractivity contribution >= 4 is 15.8 Å². The van der Waals surface area contributed by atoms with E-state index in [1.165, 1.54) is 12.3 Å². The number of hydrogen-bond donors (Lipinski definition) is 2. The van der Waals surface area contributed by atoms with Crippen LogP contribution in [0, 0.1) is 5.92 Å². The Labute approximate surface area is 182 Å². The molecule has 31 heavy (non-hydrogen) atoms. The van der Waals surface area contributed by atoms with Crippen LogP contribution in [-0.4, -0.2) is 68.6 Å². The number of aromatic nitrogens is 2. The molecule has 0 saturated carbocycles. The average molecular weight is 448 g/mol. The number of aromatic amines is 1. The minimum atomic E-state index is -3.56. The van der Waals surface area contributed by atoms with E-state index in [1.807, 2.05) is 0 Å². The highest BCUT2D eigenvalue weighted by Gasteiger charge is 2.30. The summed E-state index contributed by atoms with van der Waals surface area (Å²) in [7, 11) is -3.56. The van der Waals surface area contributed by atoms with Gasteiger partial charge in [0.05, 0.1) is 13.2 Å². The predicted octanol–water partition coefficient (Wildman–Crippen LogP) is 0.797. The molecule has 9 nitrogen and oxygen atoms in total. The van der Waals surface area contributed by atoms with Gasteiger partial charge in [0.2, 0.25) is 15.6 Å². The Bertz CT molecular complexity index is 998. The molecular weight excluding hydrogens is 418 g/mol. The molecule has 0 radical (unpaired) electrons. The fourth-order valence-electron chi connectivity index (χ4n) is 4.04. The second-order valence-electron chi connectivity index (χ2n) is 8.01. The van der Waals surface area contributed by atoms with E-state index in [0.29, 0.717) is 32.8 Å². The molecule has 0 aliphatic carbocycles. The van der Waals surface area contributed by atoms with E-state index in [9.17, 15) is 13.2 Å². The Morgan fingerprint density at radius 2 is 2.00 bits per heavy atom. The van der Waals surface area contributed by atoms with Gasteiger partial charge in [-0.05, 0) is 43.0 Å². The molecule has 1 unspecified atom stereocenters. The topological polar surface area (TPSA) is 108 Å². The zero-order valence-corrected chi connectivity index (χ0v) is 18.3. The smallest absolute Gasteiger partial charge is 0.247 e. The summed E-state index contributed by atoms with van der Waals surface area (Å²) < 4.78 is 33.2. The van der Waals surface area contributed by atoms with Crippen LogP contribution in [0.2, 0.25) is 0 Å². The Balaban J connectivity index is 1.34. The van der Waals surface area contributed by atoms with Gasteiger partial charge in [0, 0.05) is 51.2 Å². The minimum Gasteiger partial charge on any atom is -0.378 e. The number of hydrogen-bond acceptors (Lipinski definition) is 7. The van der Waals surface area contributed by atoms with Crippen molar-refractivity contribution in [2.75, 3.05) is 50.8 Å². The molecule has 168 valence electrons. The predicted molar refractivity (Wildman–Crippen MR) is 118 cm³/mol. The maximum Gasteiger partial charge on any atom is 0.247 e. The fraction of sp³-hybridized carbons (Fsp3) is 0.524. The van der Waals surface area contributed by atoms with Gasteiger partial charge in [-0.1, -0.05) is 6.07 Å². The van der Waals surface area contributed by atoms with Crippen LogP contribution in [0.3, 0.4) is 0 Å². The lowest BCUT2D eigenvalue weighted by atomic mass is 10.00. The van der Waals surface area contributed by atoms with Crippen LogP contribution >= 0.6 is 0 Å². The average Bonchev–Trinajstić information content (AvgIpc) is 2.81. The van der Waals surface area contributed by atoms with Crippen LogP contribution in [-0.2, 0) is 21.3 Å². The van der Waals surface area contributed by atoms with Crippen molar-refractivity contribution in [2.45, 2.75) is 24.3 Å². The summed E-state index contributed by atoms with van der Waals surface area (Å²) in [6.45, 7) is 5.22. The number of H-pyrrole nitrogens is 1. The highest BCUT2D eigenvalue weighted by molar-refractivity contribution is 7.89. The minimum absolute atomic E-state index is 0.121. The highest BCUT2D eigenvalue weighted by Crippen LogP contribution is 2.24. The lowest BCUT2D eigenvalue weighted by Crippen LogP contribution is -2.42. The lowest BCUT2D eigenvalue weighted by Gasteiger charge is -2.32. The first-order valence-corrected chi connectivity index (χ1v) is 12.1. The van der Waals surface area contributed by atoms with E-state index < -0.39 is 10.0 Å². The monoisotopic (exact) mass is 447 g/mol. The number of sulfonamides is 1. The SMILES string of the molecule is O=c1ccc(CNCC2CCCN(S(=O)(=O)c3ccc(N4CCOCC4)nc3)C2)c[nH]1. The molecule has 0 amide bonds. The zero-order chi connectivity index (χ0) is 21.7. The Hall–Kier alpha value is -2.27. The molecule has 4 heterocycles. The van der Waals surface area contributed by atoms with Gasteiger partial charge in [0.25, 0.3) is 0 Å². The van der Waals surface area contributed by atoms with Gasteiger partial charge in [-0.3, -0.25) is 4.79 Å². The van der Waals surface area contributed by atoms with Crippen molar-refractivity contribution in [3.63, 3.8) is 0 Å². The summed E-state index contributed by atoms with van der Waals surface area (Å²) in [5.41, 5.74) is 0.871. The number of nitrogens with zero attached hydrogens (tertiary/aromatic N) is 3. The van der Waals surface area contributed by atoms with Crippen LogP contribution in [0.15, 0.2) is 46.3 Å². The first-order chi connectivity index (χ1) is 15.0. The van der Waals surface area contributed by atoms with E-state index >= 15 is 0 Å². The Morgan fingerprint density at radius 1 is 1.16 bits per heavy atom. The molecule has 2 aliphatic heterocycles. The van der Waals surface area contributed by atoms with Gasteiger partial charge in [0.1, 0.15) is 10.7 Å². The summed E-state index contributed by atoms with van der Waals surface area (Å²) in [6, 6.07) is 6.73. The third kappa shape index (κ3) is 5.51. The summed E-state index contributed by atoms with van der Waals surface area (Å²) in [4.78, 5) is 20.5. The highest BCUT2D eigenvalue weighted by atomic mass is 32.2. The van der Waals surface area contributed by atoms with Crippen LogP contribution in [0.25, 0.3) is 0 Å². The number of nitrogens with one attached hydrogen (secondary N) is 2. The number of ether oxygens (including phenoxy) is 1. The number of piperidine rings is 1. The molecule has 2 N–H and O–H groups in total. The Morgan fingerprint density at radius 3 is 2.71 bits per heavy atom. The van der Waals surface area contributed by atoms with Crippen LogP contribution in [0.1, 0.15) is 18.4 Å². The largest absolute Gasteiger partial charge is 0.378 e. The molecule has 0 spiro atoms. The number of pyridine rings is 2. The van der Waals surface area contributed by atoms with Crippen LogP contribution in [0.5, 0.6) is 0 Å². The molecule has 2 fully saturated rings. The van der Waals surface area contributed by atoms with Crippen molar-refractivity contribution < 1.29 is 13.2 Å². The maximum absolute atomic E-state index is 13.1. The zero-order valence-electron chi connectivity index (χ0n) is 17.5. The first kappa shape index (κ1) is 21.9. The molecule has 4 rings (SSSR count). The third-order valence-corrected chi connectivity index (χ3v) is 7.63. The van der Waals surface area contributed by atoms with E-state index in [4.69, 9.17) is 4.74 Å². The summed E-state index contributed by atoms with van der Waals surface area (Å²) in [6.07, 6.45) is 4.99. The van der Waals surface area contributed by atoms with Crippen molar-refractivity contribution in [2.24, 2.45) is 5.92 Å². The van der Waals surface area contributed by atoms with E-state index in [2.05, 4.69) is 20.2 Å². The van der Waals surface area contributed by atoms with Crippen LogP contribution < -0.4 is 15.8 Å². The van der Waals surface area contributed by atoms with Crippen molar-refractivity contribution in [3.8, 4) is 0 Å². The summed E-state index contributed by atoms with van der Waals surface area (Å²) in [5.74, 6) is 1.03. The maximum atomic E-state index is 13.1. The van der Waals surface area contributed by atoms with Gasteiger partial charge < -0.3 is 19.9 Å². The number of morpholine rings is 1. The van der Waals surface area contributed by atoms with Crippen molar-refractivity contribution in [1.29, 1.82) is 0 Å².